The zero-order valence-electron chi connectivity index (χ0n) is 13.7. The van der Waals surface area contributed by atoms with Gasteiger partial charge in [-0.3, -0.25) is 0 Å². The van der Waals surface area contributed by atoms with Gasteiger partial charge in [0.05, 0.1) is 17.3 Å². The number of pyridine rings is 1. The van der Waals surface area contributed by atoms with Crippen molar-refractivity contribution in [2.45, 2.75) is 12.8 Å². The average Bonchev–Trinajstić information content (AvgIpc) is 2.94. The molecule has 0 fully saturated rings. The monoisotopic (exact) mass is 408 g/mol. The second-order valence-corrected chi connectivity index (χ2v) is 6.60. The molecule has 0 bridgehead atoms. The van der Waals surface area contributed by atoms with Crippen molar-refractivity contribution in [1.82, 2.24) is 4.98 Å². The number of rotatable bonds is 4. The Balaban J connectivity index is 1.79. The summed E-state index contributed by atoms with van der Waals surface area (Å²) < 4.78 is 35.8. The number of fused-ring (bicyclic) bond motifs is 1. The van der Waals surface area contributed by atoms with Crippen LogP contribution in [-0.4, -0.2) is 11.3 Å². The molecule has 0 amide bonds. The molecule has 4 rings (SSSR count). The van der Waals surface area contributed by atoms with Crippen molar-refractivity contribution in [2.75, 3.05) is 4.90 Å². The highest BCUT2D eigenvalue weighted by atomic mass is 35.5. The van der Waals surface area contributed by atoms with Gasteiger partial charge in [0.25, 0.3) is 0 Å². The van der Waals surface area contributed by atoms with Crippen molar-refractivity contribution in [1.29, 1.82) is 0 Å². The summed E-state index contributed by atoms with van der Waals surface area (Å²) in [6.07, 6.45) is -2.09. The van der Waals surface area contributed by atoms with E-state index in [0.717, 1.165) is 5.56 Å². The van der Waals surface area contributed by atoms with Crippen LogP contribution in [0.3, 0.4) is 0 Å². The van der Waals surface area contributed by atoms with Crippen LogP contribution in [0.5, 0.6) is 11.5 Å². The van der Waals surface area contributed by atoms with Crippen LogP contribution < -0.4 is 14.4 Å². The molecule has 2 heterocycles. The van der Waals surface area contributed by atoms with Gasteiger partial charge >= 0.3 is 6.29 Å². The Labute approximate surface area is 163 Å². The van der Waals surface area contributed by atoms with Gasteiger partial charge in [-0.1, -0.05) is 47.5 Å². The van der Waals surface area contributed by atoms with Gasteiger partial charge in [0.2, 0.25) is 0 Å². The highest BCUT2D eigenvalue weighted by Crippen LogP contribution is 2.47. The molecule has 1 aliphatic heterocycles. The van der Waals surface area contributed by atoms with Crippen LogP contribution in [-0.2, 0) is 6.54 Å². The number of halogens is 4. The van der Waals surface area contributed by atoms with E-state index in [1.54, 1.807) is 29.3 Å². The molecule has 27 heavy (non-hydrogen) atoms. The Hall–Kier alpha value is -2.57. The quantitative estimate of drug-likeness (QED) is 0.526. The topological polar surface area (TPSA) is 34.6 Å². The SMILES string of the molecule is FC1(F)Oc2cc(Cl)c(N(Cc3ccccc3Cl)c3ccccn3)cc2O1. The fourth-order valence-electron chi connectivity index (χ4n) is 2.77. The first kappa shape index (κ1) is 17.8. The smallest absolute Gasteiger partial charge is 0.395 e. The van der Waals surface area contributed by atoms with E-state index >= 15 is 0 Å². The third kappa shape index (κ3) is 3.63. The summed E-state index contributed by atoms with van der Waals surface area (Å²) in [4.78, 5) is 6.12. The van der Waals surface area contributed by atoms with E-state index in [2.05, 4.69) is 14.5 Å². The summed E-state index contributed by atoms with van der Waals surface area (Å²) in [6.45, 7) is 0.326. The van der Waals surface area contributed by atoms with Gasteiger partial charge < -0.3 is 14.4 Å². The maximum atomic E-state index is 13.4. The van der Waals surface area contributed by atoms with Crippen LogP contribution in [0, 0.1) is 0 Å². The molecule has 0 unspecified atom stereocenters. The molecule has 3 aromatic rings. The van der Waals surface area contributed by atoms with Gasteiger partial charge in [0, 0.05) is 23.4 Å². The number of benzene rings is 2. The predicted molar refractivity (Wildman–Crippen MR) is 99.2 cm³/mol. The van der Waals surface area contributed by atoms with Crippen molar-refractivity contribution in [3.8, 4) is 11.5 Å². The fraction of sp³-hybridized carbons (Fsp3) is 0.105. The van der Waals surface area contributed by atoms with E-state index < -0.39 is 6.29 Å². The molecule has 2 aromatic carbocycles. The molecule has 0 N–H and O–H groups in total. The Morgan fingerprint density at radius 3 is 2.33 bits per heavy atom. The van der Waals surface area contributed by atoms with Crippen molar-refractivity contribution < 1.29 is 18.3 Å². The molecule has 1 aromatic heterocycles. The van der Waals surface area contributed by atoms with Gasteiger partial charge in [-0.2, -0.15) is 0 Å². The number of hydrogen-bond donors (Lipinski definition) is 0. The van der Waals surface area contributed by atoms with Gasteiger partial charge in [0.1, 0.15) is 5.82 Å². The lowest BCUT2D eigenvalue weighted by atomic mass is 10.1. The van der Waals surface area contributed by atoms with Crippen molar-refractivity contribution >= 4 is 34.7 Å². The summed E-state index contributed by atoms with van der Waals surface area (Å²) in [5.41, 5.74) is 1.26. The van der Waals surface area contributed by atoms with Gasteiger partial charge in [-0.15, -0.1) is 8.78 Å². The summed E-state index contributed by atoms with van der Waals surface area (Å²) in [5.74, 6) is 0.358. The molecule has 138 valence electrons. The normalized spacial score (nSPS) is 14.2. The number of aromatic nitrogens is 1. The lowest BCUT2D eigenvalue weighted by Crippen LogP contribution is -2.25. The minimum atomic E-state index is -3.72. The van der Waals surface area contributed by atoms with Gasteiger partial charge in [0.15, 0.2) is 11.5 Å². The van der Waals surface area contributed by atoms with Crippen LogP contribution in [0.15, 0.2) is 60.8 Å². The number of nitrogens with zero attached hydrogens (tertiary/aromatic N) is 2. The highest BCUT2D eigenvalue weighted by Gasteiger charge is 2.44. The molecule has 0 aliphatic carbocycles. The first-order valence-electron chi connectivity index (χ1n) is 7.94. The fourth-order valence-corrected chi connectivity index (χ4v) is 3.22. The second-order valence-electron chi connectivity index (χ2n) is 5.78. The molecule has 0 radical (unpaired) electrons. The third-order valence-corrected chi connectivity index (χ3v) is 4.65. The first-order valence-corrected chi connectivity index (χ1v) is 8.70. The summed E-state index contributed by atoms with van der Waals surface area (Å²) in [6, 6.07) is 15.4. The zero-order chi connectivity index (χ0) is 19.0. The molecule has 0 spiro atoms. The summed E-state index contributed by atoms with van der Waals surface area (Å²) in [7, 11) is 0. The molecule has 4 nitrogen and oxygen atoms in total. The van der Waals surface area contributed by atoms with Crippen LogP contribution in [0.2, 0.25) is 10.0 Å². The van der Waals surface area contributed by atoms with Crippen LogP contribution in [0.4, 0.5) is 20.3 Å². The van der Waals surface area contributed by atoms with E-state index in [1.807, 2.05) is 24.3 Å². The minimum Gasteiger partial charge on any atom is -0.395 e. The molecule has 0 saturated heterocycles. The minimum absolute atomic E-state index is 0.0977. The largest absolute Gasteiger partial charge is 0.586 e. The lowest BCUT2D eigenvalue weighted by molar-refractivity contribution is -0.286. The van der Waals surface area contributed by atoms with Crippen LogP contribution in [0.1, 0.15) is 5.56 Å². The Morgan fingerprint density at radius 1 is 0.926 bits per heavy atom. The van der Waals surface area contributed by atoms with E-state index in [4.69, 9.17) is 23.2 Å². The highest BCUT2D eigenvalue weighted by molar-refractivity contribution is 6.33. The van der Waals surface area contributed by atoms with E-state index in [-0.39, 0.29) is 16.5 Å². The van der Waals surface area contributed by atoms with Crippen molar-refractivity contribution in [3.63, 3.8) is 0 Å². The van der Waals surface area contributed by atoms with Crippen molar-refractivity contribution in [3.05, 3.63) is 76.4 Å². The molecule has 8 heteroatoms. The maximum Gasteiger partial charge on any atom is 0.586 e. The molecular formula is C19H12Cl2F2N2O2. The van der Waals surface area contributed by atoms with Crippen molar-refractivity contribution in [2.24, 2.45) is 0 Å². The molecule has 0 atom stereocenters. The van der Waals surface area contributed by atoms with Crippen LogP contribution >= 0.6 is 23.2 Å². The Kier molecular flexibility index (Phi) is 4.53. The lowest BCUT2D eigenvalue weighted by Gasteiger charge is -2.25. The number of ether oxygens (including phenoxy) is 2. The predicted octanol–water partition coefficient (Wildman–Crippen LogP) is 6.05. The zero-order valence-corrected chi connectivity index (χ0v) is 15.2. The van der Waals surface area contributed by atoms with E-state index in [1.165, 1.54) is 12.1 Å². The Morgan fingerprint density at radius 2 is 1.63 bits per heavy atom. The summed E-state index contributed by atoms with van der Waals surface area (Å²) >= 11 is 12.7. The van der Waals surface area contributed by atoms with Gasteiger partial charge in [-0.25, -0.2) is 4.98 Å². The maximum absolute atomic E-state index is 13.4. The Bertz CT molecular complexity index is 987. The second kappa shape index (κ2) is 6.87. The molecule has 1 aliphatic rings. The number of alkyl halides is 2. The molecular weight excluding hydrogens is 397 g/mol. The van der Waals surface area contributed by atoms with E-state index in [9.17, 15) is 8.78 Å². The average molecular weight is 409 g/mol. The van der Waals surface area contributed by atoms with Gasteiger partial charge in [-0.05, 0) is 23.8 Å². The summed E-state index contributed by atoms with van der Waals surface area (Å²) in [5, 5.41) is 0.787. The third-order valence-electron chi connectivity index (χ3n) is 3.97. The first-order chi connectivity index (χ1) is 12.9. The van der Waals surface area contributed by atoms with Crippen LogP contribution in [0.25, 0.3) is 0 Å². The number of anilines is 2. The van der Waals surface area contributed by atoms with E-state index in [0.29, 0.717) is 23.1 Å². The number of hydrogen-bond acceptors (Lipinski definition) is 4. The molecule has 0 saturated carbocycles. The standard InChI is InChI=1S/C19H12Cl2F2N2O2/c20-13-6-2-1-5-12(13)11-25(18-7-3-4-8-24-18)15-10-17-16(9-14(15)21)26-19(22,23)27-17/h1-10H,11H2.